The summed E-state index contributed by atoms with van der Waals surface area (Å²) in [6, 6.07) is 8.06. The van der Waals surface area contributed by atoms with E-state index in [4.69, 9.17) is 10.3 Å². The summed E-state index contributed by atoms with van der Waals surface area (Å²) in [7, 11) is 0. The van der Waals surface area contributed by atoms with Crippen LogP contribution in [0.2, 0.25) is 0 Å². The summed E-state index contributed by atoms with van der Waals surface area (Å²) in [6.07, 6.45) is 3.00. The molecule has 17 heavy (non-hydrogen) atoms. The first-order valence-electron chi connectivity index (χ1n) is 5.87. The van der Waals surface area contributed by atoms with Gasteiger partial charge in [0.05, 0.1) is 5.54 Å². The van der Waals surface area contributed by atoms with Crippen LogP contribution < -0.4 is 5.73 Å². The molecule has 1 heterocycles. The number of nitrogens with two attached hydrogens (primary N) is 1. The molecule has 2 aromatic rings. The quantitative estimate of drug-likeness (QED) is 0.858. The minimum atomic E-state index is -0.379. The van der Waals surface area contributed by atoms with Gasteiger partial charge in [0.15, 0.2) is 0 Å². The Morgan fingerprint density at radius 2 is 1.94 bits per heavy atom. The maximum absolute atomic E-state index is 6.14. The maximum atomic E-state index is 6.14. The Bertz CT molecular complexity index is 526. The number of nitrogens with zero attached hydrogens (tertiary/aromatic N) is 2. The van der Waals surface area contributed by atoms with Crippen LogP contribution in [0, 0.1) is 6.92 Å². The fraction of sp³-hybridized carbons (Fsp3) is 0.385. The molecule has 0 bridgehead atoms. The highest BCUT2D eigenvalue weighted by molar-refractivity contribution is 5.54. The van der Waals surface area contributed by atoms with E-state index < -0.39 is 0 Å². The zero-order valence-corrected chi connectivity index (χ0v) is 9.81. The van der Waals surface area contributed by atoms with Crippen molar-refractivity contribution in [2.45, 2.75) is 31.7 Å². The van der Waals surface area contributed by atoms with E-state index in [1.54, 1.807) is 0 Å². The van der Waals surface area contributed by atoms with E-state index in [-0.39, 0.29) is 5.54 Å². The second-order valence-corrected chi connectivity index (χ2v) is 4.80. The van der Waals surface area contributed by atoms with Gasteiger partial charge in [0.25, 0.3) is 0 Å². The molecule has 0 atom stereocenters. The van der Waals surface area contributed by atoms with Crippen LogP contribution in [-0.4, -0.2) is 10.1 Å². The van der Waals surface area contributed by atoms with Crippen molar-refractivity contribution in [3.8, 4) is 11.4 Å². The normalized spacial score (nSPS) is 17.8. The van der Waals surface area contributed by atoms with Gasteiger partial charge in [-0.1, -0.05) is 35.0 Å². The second kappa shape index (κ2) is 3.67. The lowest BCUT2D eigenvalue weighted by atomic mass is 9.78. The topological polar surface area (TPSA) is 64.9 Å². The maximum Gasteiger partial charge on any atom is 0.247 e. The van der Waals surface area contributed by atoms with Crippen LogP contribution in [0.3, 0.4) is 0 Å². The van der Waals surface area contributed by atoms with Crippen molar-refractivity contribution in [1.82, 2.24) is 10.1 Å². The summed E-state index contributed by atoms with van der Waals surface area (Å²) in [5, 5.41) is 4.00. The number of benzene rings is 1. The van der Waals surface area contributed by atoms with Gasteiger partial charge in [-0.05, 0) is 26.2 Å². The second-order valence-electron chi connectivity index (χ2n) is 4.80. The Hall–Kier alpha value is -1.68. The first kappa shape index (κ1) is 10.5. The summed E-state index contributed by atoms with van der Waals surface area (Å²) in [4.78, 5) is 4.40. The molecule has 4 nitrogen and oxygen atoms in total. The van der Waals surface area contributed by atoms with Gasteiger partial charge in [-0.25, -0.2) is 0 Å². The molecule has 4 heteroatoms. The van der Waals surface area contributed by atoms with Gasteiger partial charge in [0.2, 0.25) is 11.7 Å². The fourth-order valence-electron chi connectivity index (χ4n) is 2.02. The monoisotopic (exact) mass is 229 g/mol. The van der Waals surface area contributed by atoms with Gasteiger partial charge >= 0.3 is 0 Å². The molecule has 1 aromatic carbocycles. The highest BCUT2D eigenvalue weighted by Crippen LogP contribution is 2.38. The van der Waals surface area contributed by atoms with E-state index >= 15 is 0 Å². The van der Waals surface area contributed by atoms with E-state index in [0.717, 1.165) is 24.8 Å². The van der Waals surface area contributed by atoms with Crippen molar-refractivity contribution in [3.05, 3.63) is 35.7 Å². The van der Waals surface area contributed by atoms with Gasteiger partial charge in [-0.2, -0.15) is 4.98 Å². The highest BCUT2D eigenvalue weighted by atomic mass is 16.5. The molecule has 0 spiro atoms. The Morgan fingerprint density at radius 3 is 2.53 bits per heavy atom. The molecule has 0 radical (unpaired) electrons. The largest absolute Gasteiger partial charge is 0.337 e. The number of rotatable bonds is 2. The van der Waals surface area contributed by atoms with Crippen LogP contribution in [0.25, 0.3) is 11.4 Å². The predicted octanol–water partition coefficient (Wildman–Crippen LogP) is 2.38. The molecule has 0 amide bonds. The molecule has 1 aromatic heterocycles. The van der Waals surface area contributed by atoms with Crippen LogP contribution in [-0.2, 0) is 5.54 Å². The Morgan fingerprint density at radius 1 is 1.24 bits per heavy atom. The van der Waals surface area contributed by atoms with E-state index in [0.29, 0.717) is 11.7 Å². The van der Waals surface area contributed by atoms with Crippen molar-refractivity contribution in [2.24, 2.45) is 5.73 Å². The molecule has 1 saturated carbocycles. The first-order valence-corrected chi connectivity index (χ1v) is 5.87. The van der Waals surface area contributed by atoms with Crippen LogP contribution in [0.15, 0.2) is 28.8 Å². The van der Waals surface area contributed by atoms with Gasteiger partial charge in [0.1, 0.15) is 0 Å². The third-order valence-corrected chi connectivity index (χ3v) is 3.41. The lowest BCUT2D eigenvalue weighted by Gasteiger charge is -2.33. The van der Waals surface area contributed by atoms with Gasteiger partial charge in [-0.3, -0.25) is 0 Å². The number of hydrogen-bond acceptors (Lipinski definition) is 4. The smallest absolute Gasteiger partial charge is 0.247 e. The summed E-state index contributed by atoms with van der Waals surface area (Å²) in [5.74, 6) is 1.19. The molecule has 1 aliphatic carbocycles. The Labute approximate surface area is 99.8 Å². The van der Waals surface area contributed by atoms with Crippen LogP contribution in [0.5, 0.6) is 0 Å². The summed E-state index contributed by atoms with van der Waals surface area (Å²) < 4.78 is 5.27. The predicted molar refractivity (Wildman–Crippen MR) is 64.2 cm³/mol. The molecule has 1 fully saturated rings. The summed E-state index contributed by atoms with van der Waals surface area (Å²) in [6.45, 7) is 2.05. The third-order valence-electron chi connectivity index (χ3n) is 3.41. The van der Waals surface area contributed by atoms with Gasteiger partial charge in [-0.15, -0.1) is 0 Å². The van der Waals surface area contributed by atoms with Crippen molar-refractivity contribution >= 4 is 0 Å². The van der Waals surface area contributed by atoms with E-state index in [1.807, 2.05) is 24.3 Å². The van der Waals surface area contributed by atoms with Crippen molar-refractivity contribution in [2.75, 3.05) is 0 Å². The van der Waals surface area contributed by atoms with Crippen LogP contribution in [0.4, 0.5) is 0 Å². The highest BCUT2D eigenvalue weighted by Gasteiger charge is 2.39. The molecular weight excluding hydrogens is 214 g/mol. The average Bonchev–Trinajstić information content (AvgIpc) is 2.76. The Kier molecular flexibility index (Phi) is 2.26. The standard InChI is InChI=1S/C13H15N3O/c1-9-3-5-10(6-4-9)11-15-12(17-16-11)13(14)7-2-8-13/h3-6H,2,7-8,14H2,1H3. The summed E-state index contributed by atoms with van der Waals surface area (Å²) in [5.41, 5.74) is 7.95. The molecule has 0 aliphatic heterocycles. The van der Waals surface area contributed by atoms with E-state index in [9.17, 15) is 0 Å². The first-order chi connectivity index (χ1) is 8.17. The minimum Gasteiger partial charge on any atom is -0.337 e. The Balaban J connectivity index is 1.92. The molecule has 1 aliphatic rings. The fourth-order valence-corrected chi connectivity index (χ4v) is 2.02. The number of aryl methyl sites for hydroxylation is 1. The number of aromatic nitrogens is 2. The van der Waals surface area contributed by atoms with Crippen LogP contribution >= 0.6 is 0 Å². The number of hydrogen-bond donors (Lipinski definition) is 1. The van der Waals surface area contributed by atoms with Gasteiger partial charge in [0, 0.05) is 5.56 Å². The molecule has 0 unspecified atom stereocenters. The summed E-state index contributed by atoms with van der Waals surface area (Å²) >= 11 is 0. The zero-order valence-electron chi connectivity index (χ0n) is 9.81. The van der Waals surface area contributed by atoms with Crippen molar-refractivity contribution in [3.63, 3.8) is 0 Å². The van der Waals surface area contributed by atoms with Crippen LogP contribution in [0.1, 0.15) is 30.7 Å². The molecule has 0 saturated heterocycles. The average molecular weight is 229 g/mol. The van der Waals surface area contributed by atoms with E-state index in [1.165, 1.54) is 5.56 Å². The molecular formula is C13H15N3O. The lowest BCUT2D eigenvalue weighted by molar-refractivity contribution is 0.181. The SMILES string of the molecule is Cc1ccc(-c2noc(C3(N)CCC3)n2)cc1. The molecule has 2 N–H and O–H groups in total. The van der Waals surface area contributed by atoms with Crippen molar-refractivity contribution in [1.29, 1.82) is 0 Å². The lowest BCUT2D eigenvalue weighted by Crippen LogP contribution is -2.43. The minimum absolute atomic E-state index is 0.379. The van der Waals surface area contributed by atoms with E-state index in [2.05, 4.69) is 17.1 Å². The third kappa shape index (κ3) is 1.74. The van der Waals surface area contributed by atoms with Crippen molar-refractivity contribution < 1.29 is 4.52 Å². The zero-order chi connectivity index (χ0) is 11.9. The molecule has 88 valence electrons. The van der Waals surface area contributed by atoms with Gasteiger partial charge < -0.3 is 10.3 Å². The molecule has 3 rings (SSSR count).